The number of nitrogens with one attached hydrogen (secondary N) is 2. The van der Waals surface area contributed by atoms with Crippen LogP contribution in [0.1, 0.15) is 27.4 Å². The highest BCUT2D eigenvalue weighted by Gasteiger charge is 2.22. The Kier molecular flexibility index (Phi) is 4.56. The van der Waals surface area contributed by atoms with Gasteiger partial charge in [-0.1, -0.05) is 18.2 Å². The number of nitrogens with zero attached hydrogens (tertiary/aromatic N) is 2. The summed E-state index contributed by atoms with van der Waals surface area (Å²) in [5.41, 5.74) is 3.17. The summed E-state index contributed by atoms with van der Waals surface area (Å²) in [6.45, 7) is 3.80. The Morgan fingerprint density at radius 3 is 2.86 bits per heavy atom. The second kappa shape index (κ2) is 7.05. The van der Waals surface area contributed by atoms with Gasteiger partial charge in [0, 0.05) is 52.4 Å². The van der Waals surface area contributed by atoms with Crippen LogP contribution in [0.4, 0.5) is 0 Å². The van der Waals surface area contributed by atoms with E-state index in [1.54, 1.807) is 13.8 Å². The molecule has 3 aromatic heterocycles. The first-order chi connectivity index (χ1) is 13.5. The highest BCUT2D eigenvalue weighted by Crippen LogP contribution is 2.22. The van der Waals surface area contributed by atoms with E-state index in [1.807, 2.05) is 29.6 Å². The summed E-state index contributed by atoms with van der Waals surface area (Å²) < 4.78 is 1.54. The number of thiazole rings is 1. The molecule has 4 rings (SSSR count). The Bertz CT molecular complexity index is 1280. The first-order valence-electron chi connectivity index (χ1n) is 8.82. The second-order valence-corrected chi connectivity index (χ2v) is 7.42. The van der Waals surface area contributed by atoms with Gasteiger partial charge in [-0.3, -0.25) is 18.8 Å². The zero-order valence-corrected chi connectivity index (χ0v) is 16.2. The number of benzene rings is 1. The van der Waals surface area contributed by atoms with E-state index in [0.717, 1.165) is 16.6 Å². The van der Waals surface area contributed by atoms with Gasteiger partial charge in [0.25, 0.3) is 17.2 Å². The van der Waals surface area contributed by atoms with Gasteiger partial charge in [0.1, 0.15) is 0 Å². The van der Waals surface area contributed by atoms with Crippen LogP contribution in [0, 0.1) is 13.8 Å². The number of Topliss-reactive ketones (excluding diaryl/α,β-unsaturated/α-hetero) is 1. The van der Waals surface area contributed by atoms with Crippen LogP contribution in [0.2, 0.25) is 0 Å². The first kappa shape index (κ1) is 18.1. The molecule has 0 spiro atoms. The van der Waals surface area contributed by atoms with Crippen molar-refractivity contribution >= 4 is 38.9 Å². The fourth-order valence-corrected chi connectivity index (χ4v) is 4.30. The number of rotatable bonds is 5. The number of H-pyrrole nitrogens is 1. The molecular formula is C20H18N4O3S. The minimum Gasteiger partial charge on any atom is -0.358 e. The number of hydrogen-bond donors (Lipinski definition) is 2. The maximum atomic E-state index is 12.6. The number of fused-ring (bicyclic) bond motifs is 2. The van der Waals surface area contributed by atoms with Crippen molar-refractivity contribution in [2.24, 2.45) is 0 Å². The maximum absolute atomic E-state index is 12.6. The second-order valence-electron chi connectivity index (χ2n) is 6.59. The zero-order valence-electron chi connectivity index (χ0n) is 15.4. The van der Waals surface area contributed by atoms with Crippen molar-refractivity contribution in [1.29, 1.82) is 0 Å². The number of aromatic nitrogens is 3. The largest absolute Gasteiger partial charge is 0.358 e. The lowest BCUT2D eigenvalue weighted by Crippen LogP contribution is -2.33. The molecule has 28 heavy (non-hydrogen) atoms. The number of para-hydroxylation sites is 1. The average Bonchev–Trinajstić information content (AvgIpc) is 3.21. The van der Waals surface area contributed by atoms with Gasteiger partial charge in [-0.2, -0.15) is 0 Å². The Morgan fingerprint density at radius 1 is 1.25 bits per heavy atom. The Hall–Kier alpha value is -3.26. The number of aryl methyl sites for hydroxylation is 2. The third-order valence-corrected chi connectivity index (χ3v) is 5.47. The number of carbonyl (C=O) groups is 2. The molecule has 8 heteroatoms. The number of carbonyl (C=O) groups excluding carboxylic acids is 2. The Morgan fingerprint density at radius 2 is 2.04 bits per heavy atom. The molecule has 0 unspecified atom stereocenters. The van der Waals surface area contributed by atoms with Crippen molar-refractivity contribution in [3.63, 3.8) is 0 Å². The highest BCUT2D eigenvalue weighted by molar-refractivity contribution is 7.15. The van der Waals surface area contributed by atoms with Crippen molar-refractivity contribution in [1.82, 2.24) is 19.7 Å². The standard InChI is InChI=1S/C20H18N4O3S/c1-11-9-16(25)24-13(10-28-20(24)22-11)7-8-21-19(27)18(26)17-12(2)23-15-6-4-3-5-14(15)17/h3-6,9-10,23H,7-8H2,1-2H3,(H,21,27). The monoisotopic (exact) mass is 394 g/mol. The average molecular weight is 394 g/mol. The summed E-state index contributed by atoms with van der Waals surface area (Å²) in [4.78, 5) is 45.3. The normalized spacial score (nSPS) is 11.2. The minimum atomic E-state index is -0.659. The molecular weight excluding hydrogens is 376 g/mol. The van der Waals surface area contributed by atoms with E-state index in [2.05, 4.69) is 15.3 Å². The number of ketones is 1. The molecule has 7 nitrogen and oxygen atoms in total. The van der Waals surface area contributed by atoms with Crippen LogP contribution in [0.3, 0.4) is 0 Å². The Labute approximate surface area is 164 Å². The lowest BCUT2D eigenvalue weighted by atomic mass is 10.1. The van der Waals surface area contributed by atoms with Crippen LogP contribution in [-0.2, 0) is 11.2 Å². The van der Waals surface area contributed by atoms with Gasteiger partial charge in [0.2, 0.25) is 0 Å². The van der Waals surface area contributed by atoms with Crippen molar-refractivity contribution < 1.29 is 9.59 Å². The minimum absolute atomic E-state index is 0.143. The Balaban J connectivity index is 1.48. The predicted octanol–water partition coefficient (Wildman–Crippen LogP) is 2.40. The summed E-state index contributed by atoms with van der Waals surface area (Å²) in [5, 5.41) is 5.24. The summed E-state index contributed by atoms with van der Waals surface area (Å²) in [6.07, 6.45) is 0.427. The molecule has 2 N–H and O–H groups in total. The van der Waals surface area contributed by atoms with Crippen LogP contribution in [0.15, 0.2) is 40.5 Å². The maximum Gasteiger partial charge on any atom is 0.292 e. The van der Waals surface area contributed by atoms with Gasteiger partial charge in [-0.15, -0.1) is 11.3 Å². The van der Waals surface area contributed by atoms with Crippen molar-refractivity contribution in [3.05, 3.63) is 68.7 Å². The third-order valence-electron chi connectivity index (χ3n) is 4.60. The molecule has 0 aliphatic rings. The predicted molar refractivity (Wildman–Crippen MR) is 108 cm³/mol. The van der Waals surface area contributed by atoms with E-state index in [9.17, 15) is 14.4 Å². The van der Waals surface area contributed by atoms with Gasteiger partial charge in [0.05, 0.1) is 5.56 Å². The van der Waals surface area contributed by atoms with E-state index < -0.39 is 11.7 Å². The molecule has 142 valence electrons. The smallest absolute Gasteiger partial charge is 0.292 e. The molecule has 0 saturated carbocycles. The number of amides is 1. The molecule has 0 radical (unpaired) electrons. The van der Waals surface area contributed by atoms with Crippen molar-refractivity contribution in [2.45, 2.75) is 20.3 Å². The van der Waals surface area contributed by atoms with E-state index >= 15 is 0 Å². The van der Waals surface area contributed by atoms with Crippen molar-refractivity contribution in [3.8, 4) is 0 Å². The zero-order chi connectivity index (χ0) is 19.8. The first-order valence-corrected chi connectivity index (χ1v) is 9.70. The molecule has 0 fully saturated rings. The third kappa shape index (κ3) is 3.11. The van der Waals surface area contributed by atoms with Crippen LogP contribution in [0.25, 0.3) is 15.9 Å². The van der Waals surface area contributed by atoms with Crippen LogP contribution in [-0.4, -0.2) is 32.6 Å². The topological polar surface area (TPSA) is 96.3 Å². The molecule has 0 atom stereocenters. The van der Waals surface area contributed by atoms with Gasteiger partial charge in [-0.25, -0.2) is 4.98 Å². The van der Waals surface area contributed by atoms with E-state index in [1.165, 1.54) is 21.8 Å². The van der Waals surface area contributed by atoms with E-state index in [4.69, 9.17) is 0 Å². The van der Waals surface area contributed by atoms with Crippen LogP contribution < -0.4 is 10.9 Å². The lowest BCUT2D eigenvalue weighted by molar-refractivity contribution is -0.116. The van der Waals surface area contributed by atoms with Crippen LogP contribution >= 0.6 is 11.3 Å². The molecule has 1 aromatic carbocycles. The fourth-order valence-electron chi connectivity index (χ4n) is 3.33. The van der Waals surface area contributed by atoms with E-state index in [0.29, 0.717) is 28.3 Å². The van der Waals surface area contributed by atoms with Gasteiger partial charge in [-0.05, 0) is 19.9 Å². The van der Waals surface area contributed by atoms with E-state index in [-0.39, 0.29) is 12.1 Å². The van der Waals surface area contributed by atoms with Gasteiger partial charge in [0.15, 0.2) is 4.96 Å². The molecule has 0 bridgehead atoms. The van der Waals surface area contributed by atoms with Crippen molar-refractivity contribution in [2.75, 3.05) is 6.54 Å². The molecule has 0 aliphatic carbocycles. The number of aromatic amines is 1. The lowest BCUT2D eigenvalue weighted by Gasteiger charge is -2.05. The molecule has 0 saturated heterocycles. The van der Waals surface area contributed by atoms with Gasteiger partial charge >= 0.3 is 0 Å². The summed E-state index contributed by atoms with van der Waals surface area (Å²) in [6, 6.07) is 8.87. The number of hydrogen-bond acceptors (Lipinski definition) is 5. The summed E-state index contributed by atoms with van der Waals surface area (Å²) >= 11 is 1.38. The van der Waals surface area contributed by atoms with Crippen LogP contribution in [0.5, 0.6) is 0 Å². The van der Waals surface area contributed by atoms with Gasteiger partial charge < -0.3 is 10.3 Å². The molecule has 4 aromatic rings. The fraction of sp³-hybridized carbons (Fsp3) is 0.200. The molecule has 0 aliphatic heterocycles. The molecule has 1 amide bonds. The quantitative estimate of drug-likeness (QED) is 0.401. The highest BCUT2D eigenvalue weighted by atomic mass is 32.1. The summed E-state index contributed by atoms with van der Waals surface area (Å²) in [5.74, 6) is -1.23. The summed E-state index contributed by atoms with van der Waals surface area (Å²) in [7, 11) is 0. The SMILES string of the molecule is Cc1cc(=O)n2c(CCNC(=O)C(=O)c3c(C)[nH]c4ccccc34)csc2n1. The molecule has 3 heterocycles.